The predicted molar refractivity (Wildman–Crippen MR) is 259 cm³/mol. The van der Waals surface area contributed by atoms with Gasteiger partial charge in [0.15, 0.2) is 22.6 Å². The quantitative estimate of drug-likeness (QED) is 0.0158. The van der Waals surface area contributed by atoms with E-state index in [-0.39, 0.29) is 163 Å². The summed E-state index contributed by atoms with van der Waals surface area (Å²) in [6.45, 7) is 7.17. The first kappa shape index (κ1) is 60.6. The number of hydrogen-bond acceptors (Lipinski definition) is 16. The summed E-state index contributed by atoms with van der Waals surface area (Å²) in [7, 11) is 0. The number of fused-ring (bicyclic) bond motifs is 11. The number of ether oxygens (including phenoxy) is 4. The van der Waals surface area contributed by atoms with Crippen molar-refractivity contribution in [2.75, 3.05) is 78.2 Å². The molecule has 0 saturated carbocycles. The molecule has 0 unspecified atom stereocenters. The molecular formula is C47H74N8O14S. The fourth-order valence-corrected chi connectivity index (χ4v) is 7.72. The van der Waals surface area contributed by atoms with Crippen molar-refractivity contribution in [3.8, 4) is 5.75 Å². The molecule has 2 aliphatic heterocycles. The summed E-state index contributed by atoms with van der Waals surface area (Å²) in [6, 6.07) is 6.12. The SMILES string of the molecule is CC(=O)SCC(=O)CCC(=O)NCC(=O)CCC(=O)NCCOCCOCCOCCNC(=O)[C@H](CCCN=C(N)N)CC(=O)[C@@H]1Cc2ccc(cc2)OCCC[C@H](C(=O)NO)[C@@H](CC(C)C)C(=O)N1. The first-order valence-corrected chi connectivity index (χ1v) is 24.7. The van der Waals surface area contributed by atoms with Gasteiger partial charge in [-0.3, -0.25) is 53.4 Å². The summed E-state index contributed by atoms with van der Waals surface area (Å²) >= 11 is 0.876. The lowest BCUT2D eigenvalue weighted by Crippen LogP contribution is -2.49. The van der Waals surface area contributed by atoms with Gasteiger partial charge in [-0.1, -0.05) is 37.7 Å². The summed E-state index contributed by atoms with van der Waals surface area (Å²) in [5.74, 6) is -5.38. The van der Waals surface area contributed by atoms with E-state index in [4.69, 9.17) is 30.4 Å². The fourth-order valence-electron chi connectivity index (χ4n) is 7.21. The van der Waals surface area contributed by atoms with Crippen LogP contribution in [-0.4, -0.2) is 147 Å². The Bertz CT molecular complexity index is 1860. The van der Waals surface area contributed by atoms with Crippen molar-refractivity contribution in [1.82, 2.24) is 26.7 Å². The van der Waals surface area contributed by atoms with E-state index in [1.54, 1.807) is 17.6 Å². The van der Waals surface area contributed by atoms with Gasteiger partial charge in [0.05, 0.1) is 70.5 Å². The number of hydrogen-bond donors (Lipinski definition) is 8. The highest BCUT2D eigenvalue weighted by atomic mass is 32.2. The van der Waals surface area contributed by atoms with Gasteiger partial charge < -0.3 is 51.7 Å². The smallest absolute Gasteiger partial charge is 0.247 e. The Morgan fingerprint density at radius 3 is 2.09 bits per heavy atom. The summed E-state index contributed by atoms with van der Waals surface area (Å²) in [5, 5.41) is 20.2. The standard InChI is InChI=1S/C47H74N8O14S/c1-31(2)26-39-38(46(64)55-65)7-5-19-69-37-12-8-33(9-13-37)27-40(54-45(39)63)41(59)28-34(6-4-16-52-47(48)49)44(62)51-18-21-67-23-25-68-24-22-66-20-17-50-42(60)14-10-35(57)29-53-43(61)15-11-36(58)30-70-32(3)56/h8-9,12-13,31,34,38-40,65H,4-7,10-11,14-30H2,1-3H3,(H,50,60)(H,51,62)(H,53,61)(H,54,63)(H,55,64)(H4,48,49,52)/t34-,38+,39-,40+/m1/s1. The van der Waals surface area contributed by atoms with E-state index in [0.717, 1.165) is 17.3 Å². The molecule has 1 aromatic carbocycles. The van der Waals surface area contributed by atoms with Crippen molar-refractivity contribution in [3.63, 3.8) is 0 Å². The lowest BCUT2D eigenvalue weighted by molar-refractivity contribution is -0.142. The van der Waals surface area contributed by atoms with Crippen molar-refractivity contribution < 1.29 is 67.3 Å². The Morgan fingerprint density at radius 2 is 1.47 bits per heavy atom. The average Bonchev–Trinajstić information content (AvgIpc) is 3.32. The third-order valence-corrected chi connectivity index (χ3v) is 11.7. The van der Waals surface area contributed by atoms with Crippen LogP contribution >= 0.6 is 11.8 Å². The average molecular weight is 1010 g/mol. The number of carbonyl (C=O) groups is 9. The van der Waals surface area contributed by atoms with Gasteiger partial charge in [0, 0.05) is 70.5 Å². The molecule has 70 heavy (non-hydrogen) atoms. The number of benzene rings is 1. The number of ketones is 3. The Balaban J connectivity index is 1.78. The molecule has 0 aromatic heterocycles. The molecule has 10 N–H and O–H groups in total. The molecule has 0 spiro atoms. The molecule has 2 heterocycles. The molecular weight excluding hydrogens is 933 g/mol. The van der Waals surface area contributed by atoms with Crippen molar-refractivity contribution in [1.29, 1.82) is 0 Å². The minimum atomic E-state index is -1.04. The van der Waals surface area contributed by atoms with Crippen LogP contribution in [0.2, 0.25) is 0 Å². The van der Waals surface area contributed by atoms with E-state index < -0.39 is 47.4 Å². The molecule has 2 bridgehead atoms. The first-order chi connectivity index (χ1) is 33.5. The molecule has 392 valence electrons. The molecule has 2 aliphatic rings. The molecule has 3 rings (SSSR count). The molecule has 23 heteroatoms. The number of hydroxylamine groups is 1. The largest absolute Gasteiger partial charge is 0.494 e. The zero-order valence-electron chi connectivity index (χ0n) is 40.7. The van der Waals surface area contributed by atoms with Crippen LogP contribution in [0.1, 0.15) is 90.5 Å². The Hall–Kier alpha value is -5.49. The van der Waals surface area contributed by atoms with Crippen LogP contribution in [0.15, 0.2) is 29.3 Å². The van der Waals surface area contributed by atoms with Gasteiger partial charge in [-0.05, 0) is 62.1 Å². The summed E-state index contributed by atoms with van der Waals surface area (Å²) < 4.78 is 22.4. The topological polar surface area (TPSA) is 335 Å². The number of amides is 5. The van der Waals surface area contributed by atoms with E-state index >= 15 is 0 Å². The van der Waals surface area contributed by atoms with Crippen LogP contribution in [-0.2, 0) is 63.8 Å². The van der Waals surface area contributed by atoms with Crippen LogP contribution in [0, 0.1) is 23.7 Å². The van der Waals surface area contributed by atoms with Crippen molar-refractivity contribution >= 4 is 69.7 Å². The van der Waals surface area contributed by atoms with Crippen molar-refractivity contribution in [2.24, 2.45) is 40.1 Å². The number of nitrogens with zero attached hydrogens (tertiary/aromatic N) is 1. The van der Waals surface area contributed by atoms with Gasteiger partial charge in [0.25, 0.3) is 0 Å². The van der Waals surface area contributed by atoms with Crippen LogP contribution in [0.4, 0.5) is 0 Å². The summed E-state index contributed by atoms with van der Waals surface area (Å²) in [6.07, 6.45) is 1.33. The Kier molecular flexibility index (Phi) is 30.8. The zero-order chi connectivity index (χ0) is 51.7. The number of nitrogens with one attached hydrogen (secondary N) is 5. The number of thioether (sulfide) groups is 1. The van der Waals surface area contributed by atoms with Crippen LogP contribution < -0.4 is 43.0 Å². The highest BCUT2D eigenvalue weighted by Crippen LogP contribution is 2.27. The Morgan fingerprint density at radius 1 is 0.857 bits per heavy atom. The number of rotatable bonds is 33. The van der Waals surface area contributed by atoms with Crippen LogP contribution in [0.25, 0.3) is 0 Å². The molecule has 0 fully saturated rings. The van der Waals surface area contributed by atoms with Gasteiger partial charge in [-0.25, -0.2) is 5.48 Å². The second-order valence-electron chi connectivity index (χ2n) is 17.1. The van der Waals surface area contributed by atoms with E-state index in [9.17, 15) is 48.4 Å². The minimum Gasteiger partial charge on any atom is -0.494 e. The number of nitrogens with two attached hydrogens (primary N) is 2. The van der Waals surface area contributed by atoms with Crippen molar-refractivity contribution in [2.45, 2.75) is 97.4 Å². The fraction of sp³-hybridized carbons (Fsp3) is 0.660. The number of carbonyl (C=O) groups excluding carboxylic acids is 9. The maximum absolute atomic E-state index is 14.2. The third kappa shape index (κ3) is 27.6. The second-order valence-corrected chi connectivity index (χ2v) is 18.3. The maximum atomic E-state index is 14.2. The highest BCUT2D eigenvalue weighted by molar-refractivity contribution is 8.14. The van der Waals surface area contributed by atoms with Gasteiger partial charge in [-0.15, -0.1) is 0 Å². The number of Topliss-reactive ketones (excluding diaryl/α,β-unsaturated/α-hetero) is 3. The lowest BCUT2D eigenvalue weighted by atomic mass is 9.81. The molecule has 1 aromatic rings. The van der Waals surface area contributed by atoms with E-state index in [1.807, 2.05) is 26.0 Å². The first-order valence-electron chi connectivity index (χ1n) is 23.7. The molecule has 4 atom stereocenters. The van der Waals surface area contributed by atoms with Gasteiger partial charge >= 0.3 is 0 Å². The van der Waals surface area contributed by atoms with E-state index in [1.165, 1.54) is 6.92 Å². The highest BCUT2D eigenvalue weighted by Gasteiger charge is 2.36. The number of guanidine groups is 1. The molecule has 0 aliphatic carbocycles. The van der Waals surface area contributed by atoms with E-state index in [0.29, 0.717) is 31.6 Å². The molecule has 0 saturated heterocycles. The van der Waals surface area contributed by atoms with Gasteiger partial charge in [0.1, 0.15) is 11.5 Å². The number of aliphatic imine (C=N–C) groups is 1. The molecule has 22 nitrogen and oxygen atoms in total. The monoisotopic (exact) mass is 1010 g/mol. The maximum Gasteiger partial charge on any atom is 0.247 e. The zero-order valence-corrected chi connectivity index (χ0v) is 41.5. The van der Waals surface area contributed by atoms with Crippen LogP contribution in [0.5, 0.6) is 5.75 Å². The predicted octanol–water partition coefficient (Wildman–Crippen LogP) is 0.676. The van der Waals surface area contributed by atoms with E-state index in [2.05, 4.69) is 26.3 Å². The second kappa shape index (κ2) is 35.6. The third-order valence-electron chi connectivity index (χ3n) is 10.9. The normalized spacial score (nSPS) is 16.4. The summed E-state index contributed by atoms with van der Waals surface area (Å²) in [5.41, 5.74) is 13.4. The lowest BCUT2D eigenvalue weighted by Gasteiger charge is -2.29. The van der Waals surface area contributed by atoms with Gasteiger partial charge in [-0.2, -0.15) is 0 Å². The van der Waals surface area contributed by atoms with Crippen LogP contribution in [0.3, 0.4) is 0 Å². The van der Waals surface area contributed by atoms with Crippen molar-refractivity contribution in [3.05, 3.63) is 29.8 Å². The van der Waals surface area contributed by atoms with Gasteiger partial charge in [0.2, 0.25) is 29.5 Å². The minimum absolute atomic E-state index is 0.00358. The molecule has 0 radical (unpaired) electrons. The summed E-state index contributed by atoms with van der Waals surface area (Å²) in [4.78, 5) is 117. The molecule has 5 amide bonds. The Labute approximate surface area is 413 Å².